The number of aliphatic hydroxyl groups excluding tert-OH is 1. The van der Waals surface area contributed by atoms with Crippen molar-refractivity contribution in [3.05, 3.63) is 0 Å². The van der Waals surface area contributed by atoms with Gasteiger partial charge in [-0.15, -0.1) is 0 Å². The highest BCUT2D eigenvalue weighted by atomic mass is 16.5. The third-order valence-electron chi connectivity index (χ3n) is 2.24. The molecular formula is C9H20N2O2. The van der Waals surface area contributed by atoms with Gasteiger partial charge in [-0.3, -0.25) is 4.90 Å². The van der Waals surface area contributed by atoms with Crippen LogP contribution in [0.2, 0.25) is 0 Å². The number of hydrogen-bond acceptors (Lipinski definition) is 4. The molecule has 0 aliphatic carbocycles. The third kappa shape index (κ3) is 4.57. The van der Waals surface area contributed by atoms with E-state index in [4.69, 9.17) is 9.84 Å². The lowest BCUT2D eigenvalue weighted by atomic mass is 10.3. The van der Waals surface area contributed by atoms with Gasteiger partial charge in [0.15, 0.2) is 0 Å². The van der Waals surface area contributed by atoms with Crippen LogP contribution in [0.15, 0.2) is 0 Å². The van der Waals surface area contributed by atoms with Crippen molar-refractivity contribution in [3.8, 4) is 0 Å². The highest BCUT2D eigenvalue weighted by Gasteiger charge is 2.12. The summed E-state index contributed by atoms with van der Waals surface area (Å²) in [6.07, 6.45) is 0. The Bertz CT molecular complexity index is 127. The van der Waals surface area contributed by atoms with Crippen LogP contribution in [0.1, 0.15) is 6.92 Å². The van der Waals surface area contributed by atoms with E-state index in [1.165, 1.54) is 0 Å². The molecule has 1 aliphatic rings. The summed E-state index contributed by atoms with van der Waals surface area (Å²) in [7, 11) is 0. The van der Waals surface area contributed by atoms with Gasteiger partial charge in [0.05, 0.1) is 19.8 Å². The first kappa shape index (κ1) is 10.9. The summed E-state index contributed by atoms with van der Waals surface area (Å²) in [6, 6.07) is 0.449. The molecule has 0 amide bonds. The fourth-order valence-electron chi connectivity index (χ4n) is 1.55. The molecule has 1 unspecified atom stereocenters. The van der Waals surface area contributed by atoms with Gasteiger partial charge in [0, 0.05) is 32.2 Å². The van der Waals surface area contributed by atoms with Gasteiger partial charge in [-0.1, -0.05) is 0 Å². The Kier molecular flexibility index (Phi) is 5.31. The van der Waals surface area contributed by atoms with Gasteiger partial charge in [0.25, 0.3) is 0 Å². The summed E-state index contributed by atoms with van der Waals surface area (Å²) in [5.74, 6) is 0. The molecule has 0 aromatic carbocycles. The lowest BCUT2D eigenvalue weighted by Crippen LogP contribution is -2.44. The van der Waals surface area contributed by atoms with E-state index in [0.29, 0.717) is 12.6 Å². The molecule has 0 aromatic rings. The standard InChI is InChI=1S/C9H20N2O2/c1-9(10-2-5-12)8-11-3-6-13-7-4-11/h9-10,12H,2-8H2,1H3. The molecule has 0 saturated carbocycles. The maximum absolute atomic E-state index is 8.62. The molecule has 0 aromatic heterocycles. The van der Waals surface area contributed by atoms with Crippen LogP contribution in [0, 0.1) is 0 Å². The van der Waals surface area contributed by atoms with E-state index < -0.39 is 0 Å². The third-order valence-corrected chi connectivity index (χ3v) is 2.24. The number of hydrogen-bond donors (Lipinski definition) is 2. The van der Waals surface area contributed by atoms with Crippen molar-refractivity contribution in [3.63, 3.8) is 0 Å². The number of morpholine rings is 1. The van der Waals surface area contributed by atoms with E-state index >= 15 is 0 Å². The van der Waals surface area contributed by atoms with Gasteiger partial charge in [-0.25, -0.2) is 0 Å². The normalized spacial score (nSPS) is 21.7. The van der Waals surface area contributed by atoms with Crippen LogP contribution >= 0.6 is 0 Å². The van der Waals surface area contributed by atoms with E-state index in [-0.39, 0.29) is 6.61 Å². The Hall–Kier alpha value is -0.160. The Morgan fingerprint density at radius 1 is 1.46 bits per heavy atom. The second-order valence-electron chi connectivity index (χ2n) is 3.49. The molecular weight excluding hydrogens is 168 g/mol. The SMILES string of the molecule is CC(CN1CCOCC1)NCCO. The number of ether oxygens (including phenoxy) is 1. The summed E-state index contributed by atoms with van der Waals surface area (Å²) in [4.78, 5) is 2.39. The quantitative estimate of drug-likeness (QED) is 0.598. The van der Waals surface area contributed by atoms with Gasteiger partial charge in [0.1, 0.15) is 0 Å². The van der Waals surface area contributed by atoms with E-state index in [1.807, 2.05) is 0 Å². The largest absolute Gasteiger partial charge is 0.395 e. The fourth-order valence-corrected chi connectivity index (χ4v) is 1.55. The number of nitrogens with zero attached hydrogens (tertiary/aromatic N) is 1. The molecule has 4 heteroatoms. The molecule has 78 valence electrons. The highest BCUT2D eigenvalue weighted by molar-refractivity contribution is 4.69. The lowest BCUT2D eigenvalue weighted by molar-refractivity contribution is 0.0342. The van der Waals surface area contributed by atoms with E-state index in [0.717, 1.165) is 32.8 Å². The Labute approximate surface area is 79.9 Å². The second-order valence-corrected chi connectivity index (χ2v) is 3.49. The Balaban J connectivity index is 2.07. The minimum atomic E-state index is 0.216. The smallest absolute Gasteiger partial charge is 0.0594 e. The molecule has 1 fully saturated rings. The highest BCUT2D eigenvalue weighted by Crippen LogP contribution is 1.97. The zero-order chi connectivity index (χ0) is 9.52. The monoisotopic (exact) mass is 188 g/mol. The maximum Gasteiger partial charge on any atom is 0.0594 e. The van der Waals surface area contributed by atoms with Crippen molar-refractivity contribution >= 4 is 0 Å². The molecule has 1 saturated heterocycles. The molecule has 0 radical (unpaired) electrons. The molecule has 13 heavy (non-hydrogen) atoms. The van der Waals surface area contributed by atoms with Crippen LogP contribution in [0.3, 0.4) is 0 Å². The predicted molar refractivity (Wildman–Crippen MR) is 51.8 cm³/mol. The average molecular weight is 188 g/mol. The summed E-state index contributed by atoms with van der Waals surface area (Å²) in [6.45, 7) is 7.86. The predicted octanol–water partition coefficient (Wildman–Crippen LogP) is -0.711. The molecule has 0 bridgehead atoms. The van der Waals surface area contributed by atoms with Crippen molar-refractivity contribution < 1.29 is 9.84 Å². The van der Waals surface area contributed by atoms with Gasteiger partial charge < -0.3 is 15.2 Å². The molecule has 0 spiro atoms. The summed E-state index contributed by atoms with van der Waals surface area (Å²) >= 11 is 0. The molecule has 2 N–H and O–H groups in total. The van der Waals surface area contributed by atoms with Crippen LogP contribution < -0.4 is 5.32 Å². The molecule has 4 nitrogen and oxygen atoms in total. The Morgan fingerprint density at radius 2 is 2.15 bits per heavy atom. The zero-order valence-corrected chi connectivity index (χ0v) is 8.33. The maximum atomic E-state index is 8.62. The first-order valence-corrected chi connectivity index (χ1v) is 4.97. The summed E-state index contributed by atoms with van der Waals surface area (Å²) < 4.78 is 5.26. The van der Waals surface area contributed by atoms with Crippen LogP contribution in [0.4, 0.5) is 0 Å². The summed E-state index contributed by atoms with van der Waals surface area (Å²) in [5, 5.41) is 11.9. The number of nitrogens with one attached hydrogen (secondary N) is 1. The van der Waals surface area contributed by atoms with E-state index in [1.54, 1.807) is 0 Å². The molecule has 1 atom stereocenters. The Morgan fingerprint density at radius 3 is 2.77 bits per heavy atom. The zero-order valence-electron chi connectivity index (χ0n) is 8.33. The average Bonchev–Trinajstić information content (AvgIpc) is 2.16. The molecule has 1 rings (SSSR count). The van der Waals surface area contributed by atoms with Crippen molar-refractivity contribution in [1.82, 2.24) is 10.2 Å². The van der Waals surface area contributed by atoms with Gasteiger partial charge in [-0.05, 0) is 6.92 Å². The molecule has 1 heterocycles. The number of aliphatic hydroxyl groups is 1. The van der Waals surface area contributed by atoms with Crippen molar-refractivity contribution in [2.45, 2.75) is 13.0 Å². The van der Waals surface area contributed by atoms with Gasteiger partial charge in [0.2, 0.25) is 0 Å². The molecule has 1 aliphatic heterocycles. The minimum Gasteiger partial charge on any atom is -0.395 e. The van der Waals surface area contributed by atoms with Crippen LogP contribution in [-0.2, 0) is 4.74 Å². The topological polar surface area (TPSA) is 44.7 Å². The van der Waals surface area contributed by atoms with E-state index in [2.05, 4.69) is 17.1 Å². The van der Waals surface area contributed by atoms with Crippen molar-refractivity contribution in [2.75, 3.05) is 46.0 Å². The van der Waals surface area contributed by atoms with Gasteiger partial charge >= 0.3 is 0 Å². The van der Waals surface area contributed by atoms with Crippen LogP contribution in [-0.4, -0.2) is 62.0 Å². The lowest BCUT2D eigenvalue weighted by Gasteiger charge is -2.29. The second kappa shape index (κ2) is 6.32. The van der Waals surface area contributed by atoms with Crippen LogP contribution in [0.25, 0.3) is 0 Å². The first-order chi connectivity index (χ1) is 6.33. The fraction of sp³-hybridized carbons (Fsp3) is 1.00. The number of rotatable bonds is 5. The minimum absolute atomic E-state index is 0.216. The first-order valence-electron chi connectivity index (χ1n) is 4.97. The summed E-state index contributed by atoms with van der Waals surface area (Å²) in [5.41, 5.74) is 0. The van der Waals surface area contributed by atoms with Gasteiger partial charge in [-0.2, -0.15) is 0 Å². The van der Waals surface area contributed by atoms with Crippen molar-refractivity contribution in [2.24, 2.45) is 0 Å². The van der Waals surface area contributed by atoms with Crippen LogP contribution in [0.5, 0.6) is 0 Å². The van der Waals surface area contributed by atoms with E-state index in [9.17, 15) is 0 Å². The van der Waals surface area contributed by atoms with Crippen molar-refractivity contribution in [1.29, 1.82) is 0 Å².